The zero-order chi connectivity index (χ0) is 13.3. The lowest BCUT2D eigenvalue weighted by atomic mass is 9.77. The van der Waals surface area contributed by atoms with E-state index in [0.29, 0.717) is 5.41 Å². The Morgan fingerprint density at radius 1 is 1.26 bits per heavy atom. The minimum Gasteiger partial charge on any atom is -0.370 e. The lowest BCUT2D eigenvalue weighted by Gasteiger charge is -2.40. The highest BCUT2D eigenvalue weighted by Crippen LogP contribution is 2.39. The van der Waals surface area contributed by atoms with Gasteiger partial charge in [-0.25, -0.2) is 0 Å². The second-order valence-electron chi connectivity index (χ2n) is 5.69. The van der Waals surface area contributed by atoms with Crippen LogP contribution in [-0.2, 0) is 0 Å². The van der Waals surface area contributed by atoms with Crippen LogP contribution in [0.4, 0.5) is 5.69 Å². The van der Waals surface area contributed by atoms with Crippen LogP contribution in [0.2, 0.25) is 0 Å². The molecule has 2 saturated heterocycles. The van der Waals surface area contributed by atoms with Gasteiger partial charge in [-0.05, 0) is 49.4 Å². The molecule has 2 fully saturated rings. The Kier molecular flexibility index (Phi) is 3.51. The number of hydrogen-bond donors (Lipinski definition) is 1. The van der Waals surface area contributed by atoms with Crippen molar-refractivity contribution in [1.82, 2.24) is 5.32 Å². The number of piperidine rings is 1. The molecule has 1 spiro atoms. The Morgan fingerprint density at radius 3 is 2.68 bits per heavy atom. The van der Waals surface area contributed by atoms with Crippen LogP contribution in [0.1, 0.15) is 24.8 Å². The molecule has 0 amide bonds. The Bertz CT molecular complexity index is 505. The molecule has 0 aromatic heterocycles. The molecule has 0 radical (unpaired) electrons. The van der Waals surface area contributed by atoms with Gasteiger partial charge in [-0.3, -0.25) is 0 Å². The summed E-state index contributed by atoms with van der Waals surface area (Å²) in [5.41, 5.74) is 2.39. The van der Waals surface area contributed by atoms with Crippen LogP contribution in [0.15, 0.2) is 22.7 Å². The monoisotopic (exact) mass is 319 g/mol. The maximum Gasteiger partial charge on any atom is 0.101 e. The maximum atomic E-state index is 9.27. The van der Waals surface area contributed by atoms with E-state index in [4.69, 9.17) is 0 Å². The van der Waals surface area contributed by atoms with Gasteiger partial charge in [0.1, 0.15) is 6.07 Å². The number of nitrogens with one attached hydrogen (secondary N) is 1. The van der Waals surface area contributed by atoms with E-state index in [-0.39, 0.29) is 0 Å². The van der Waals surface area contributed by atoms with Gasteiger partial charge >= 0.3 is 0 Å². The van der Waals surface area contributed by atoms with Crippen molar-refractivity contribution in [1.29, 1.82) is 5.26 Å². The van der Waals surface area contributed by atoms with Crippen LogP contribution in [-0.4, -0.2) is 26.2 Å². The van der Waals surface area contributed by atoms with Crippen molar-refractivity contribution in [2.45, 2.75) is 19.3 Å². The molecule has 2 aliphatic heterocycles. The van der Waals surface area contributed by atoms with Crippen LogP contribution in [0.25, 0.3) is 0 Å². The first-order valence-corrected chi connectivity index (χ1v) is 7.67. The summed E-state index contributed by atoms with van der Waals surface area (Å²) >= 11 is 3.43. The maximum absolute atomic E-state index is 9.27. The quantitative estimate of drug-likeness (QED) is 0.865. The average Bonchev–Trinajstić information content (AvgIpc) is 2.88. The molecular weight excluding hydrogens is 302 g/mol. The first-order valence-electron chi connectivity index (χ1n) is 6.88. The van der Waals surface area contributed by atoms with E-state index in [0.717, 1.165) is 28.8 Å². The standard InChI is InChI=1S/C15H18BrN3/c16-13-1-2-14(12(9-13)10-17)19-7-4-15(5-8-19)3-6-18-11-15/h1-2,9,18H,3-8,11H2. The summed E-state index contributed by atoms with van der Waals surface area (Å²) in [5.74, 6) is 0. The molecule has 0 aliphatic carbocycles. The summed E-state index contributed by atoms with van der Waals surface area (Å²) in [7, 11) is 0. The summed E-state index contributed by atoms with van der Waals surface area (Å²) < 4.78 is 0.973. The zero-order valence-electron chi connectivity index (χ0n) is 11.0. The van der Waals surface area contributed by atoms with Crippen molar-refractivity contribution in [2.75, 3.05) is 31.1 Å². The number of hydrogen-bond acceptors (Lipinski definition) is 3. The van der Waals surface area contributed by atoms with Gasteiger partial charge < -0.3 is 10.2 Å². The molecule has 0 unspecified atom stereocenters. The molecule has 2 aliphatic rings. The molecule has 19 heavy (non-hydrogen) atoms. The summed E-state index contributed by atoms with van der Waals surface area (Å²) in [6.07, 6.45) is 3.79. The van der Waals surface area contributed by atoms with E-state index in [1.165, 1.54) is 32.4 Å². The van der Waals surface area contributed by atoms with Crippen LogP contribution in [0.3, 0.4) is 0 Å². The summed E-state index contributed by atoms with van der Waals surface area (Å²) in [6, 6.07) is 8.31. The molecule has 1 N–H and O–H groups in total. The summed E-state index contributed by atoms with van der Waals surface area (Å²) in [6.45, 7) is 4.48. The van der Waals surface area contributed by atoms with Gasteiger partial charge in [-0.2, -0.15) is 5.26 Å². The van der Waals surface area contributed by atoms with Crippen molar-refractivity contribution >= 4 is 21.6 Å². The van der Waals surface area contributed by atoms with Gasteiger partial charge in [0.15, 0.2) is 0 Å². The van der Waals surface area contributed by atoms with E-state index >= 15 is 0 Å². The highest BCUT2D eigenvalue weighted by atomic mass is 79.9. The first kappa shape index (κ1) is 13.0. The Balaban J connectivity index is 1.77. The van der Waals surface area contributed by atoms with E-state index < -0.39 is 0 Å². The minimum absolute atomic E-state index is 0.526. The number of rotatable bonds is 1. The molecule has 1 aromatic carbocycles. The fourth-order valence-electron chi connectivity index (χ4n) is 3.32. The third-order valence-corrected chi connectivity index (χ3v) is 5.07. The molecule has 0 bridgehead atoms. The second-order valence-corrected chi connectivity index (χ2v) is 6.60. The van der Waals surface area contributed by atoms with Gasteiger partial charge in [-0.15, -0.1) is 0 Å². The molecule has 0 atom stereocenters. The molecule has 4 heteroatoms. The van der Waals surface area contributed by atoms with Gasteiger partial charge in [0, 0.05) is 24.1 Å². The van der Waals surface area contributed by atoms with Crippen LogP contribution in [0, 0.1) is 16.7 Å². The van der Waals surface area contributed by atoms with E-state index in [1.807, 2.05) is 12.1 Å². The molecule has 100 valence electrons. The number of benzene rings is 1. The van der Waals surface area contributed by atoms with E-state index in [9.17, 15) is 5.26 Å². The summed E-state index contributed by atoms with van der Waals surface area (Å²) in [4.78, 5) is 2.37. The Morgan fingerprint density at radius 2 is 2.05 bits per heavy atom. The molecule has 0 saturated carbocycles. The minimum atomic E-state index is 0.526. The van der Waals surface area contributed by atoms with Crippen LogP contribution >= 0.6 is 15.9 Å². The highest BCUT2D eigenvalue weighted by Gasteiger charge is 2.37. The third-order valence-electron chi connectivity index (χ3n) is 4.58. The lowest BCUT2D eigenvalue weighted by molar-refractivity contribution is 0.247. The predicted octanol–water partition coefficient (Wildman–Crippen LogP) is 2.90. The normalized spacial score (nSPS) is 21.6. The van der Waals surface area contributed by atoms with Crippen LogP contribution in [0.5, 0.6) is 0 Å². The zero-order valence-corrected chi connectivity index (χ0v) is 12.5. The topological polar surface area (TPSA) is 39.1 Å². The van der Waals surface area contributed by atoms with E-state index in [2.05, 4.69) is 38.3 Å². The number of halogens is 1. The first-order chi connectivity index (χ1) is 9.22. The fourth-order valence-corrected chi connectivity index (χ4v) is 3.68. The third kappa shape index (κ3) is 2.50. The fraction of sp³-hybridized carbons (Fsp3) is 0.533. The van der Waals surface area contributed by atoms with Crippen molar-refractivity contribution in [3.05, 3.63) is 28.2 Å². The summed E-state index contributed by atoms with van der Waals surface area (Å²) in [5, 5.41) is 12.8. The van der Waals surface area contributed by atoms with Crippen molar-refractivity contribution < 1.29 is 0 Å². The van der Waals surface area contributed by atoms with Crippen molar-refractivity contribution in [2.24, 2.45) is 5.41 Å². The predicted molar refractivity (Wildman–Crippen MR) is 80.2 cm³/mol. The van der Waals surface area contributed by atoms with Gasteiger partial charge in [0.05, 0.1) is 11.3 Å². The van der Waals surface area contributed by atoms with Crippen LogP contribution < -0.4 is 10.2 Å². The molecular formula is C15H18BrN3. The lowest BCUT2D eigenvalue weighted by Crippen LogP contribution is -2.41. The number of nitriles is 1. The van der Waals surface area contributed by atoms with Gasteiger partial charge in [0.2, 0.25) is 0 Å². The smallest absolute Gasteiger partial charge is 0.101 e. The SMILES string of the molecule is N#Cc1cc(Br)ccc1N1CCC2(CCNC2)CC1. The molecule has 1 aromatic rings. The second kappa shape index (κ2) is 5.15. The molecule has 3 rings (SSSR count). The number of anilines is 1. The van der Waals surface area contributed by atoms with Gasteiger partial charge in [-0.1, -0.05) is 15.9 Å². The Labute approximate surface area is 122 Å². The average molecular weight is 320 g/mol. The Hall–Kier alpha value is -1.05. The van der Waals surface area contributed by atoms with Crippen molar-refractivity contribution in [3.63, 3.8) is 0 Å². The molecule has 3 nitrogen and oxygen atoms in total. The van der Waals surface area contributed by atoms with Crippen molar-refractivity contribution in [3.8, 4) is 6.07 Å². The number of nitrogens with zero attached hydrogens (tertiary/aromatic N) is 2. The molecule has 2 heterocycles. The van der Waals surface area contributed by atoms with E-state index in [1.54, 1.807) is 0 Å². The largest absolute Gasteiger partial charge is 0.370 e. The van der Waals surface area contributed by atoms with Gasteiger partial charge in [0.25, 0.3) is 0 Å². The highest BCUT2D eigenvalue weighted by molar-refractivity contribution is 9.10.